The van der Waals surface area contributed by atoms with Crippen LogP contribution in [0.1, 0.15) is 24.5 Å². The predicted molar refractivity (Wildman–Crippen MR) is 85.9 cm³/mol. The van der Waals surface area contributed by atoms with Crippen LogP contribution in [0.4, 0.5) is 11.4 Å². The Balaban J connectivity index is 2.08. The highest BCUT2D eigenvalue weighted by atomic mass is 35.5. The quantitative estimate of drug-likeness (QED) is 0.615. The van der Waals surface area contributed by atoms with E-state index in [1.807, 2.05) is 12.1 Å². The van der Waals surface area contributed by atoms with E-state index in [1.54, 1.807) is 6.07 Å². The highest BCUT2D eigenvalue weighted by molar-refractivity contribution is 6.30. The lowest BCUT2D eigenvalue weighted by atomic mass is 10.1. The van der Waals surface area contributed by atoms with Crippen molar-refractivity contribution in [3.05, 3.63) is 68.7 Å². The van der Waals surface area contributed by atoms with Crippen LogP contribution in [0.5, 0.6) is 0 Å². The van der Waals surface area contributed by atoms with Gasteiger partial charge in [-0.05, 0) is 36.2 Å². The third-order valence-corrected chi connectivity index (χ3v) is 3.45. The monoisotopic (exact) mass is 304 g/mol. The molecule has 4 nitrogen and oxygen atoms in total. The number of benzene rings is 2. The molecular weight excluding hydrogens is 288 g/mol. The summed E-state index contributed by atoms with van der Waals surface area (Å²) in [7, 11) is 0. The molecule has 0 bridgehead atoms. The van der Waals surface area contributed by atoms with E-state index in [2.05, 4.69) is 24.4 Å². The summed E-state index contributed by atoms with van der Waals surface area (Å²) in [6.45, 7) is 2.51. The van der Waals surface area contributed by atoms with Crippen LogP contribution in [0.25, 0.3) is 0 Å². The van der Waals surface area contributed by atoms with Gasteiger partial charge in [-0.1, -0.05) is 37.1 Å². The molecule has 0 saturated heterocycles. The Morgan fingerprint density at radius 3 is 2.52 bits per heavy atom. The number of nitro groups is 1. The van der Waals surface area contributed by atoms with E-state index in [9.17, 15) is 10.1 Å². The van der Waals surface area contributed by atoms with E-state index in [0.29, 0.717) is 17.1 Å². The molecule has 0 radical (unpaired) electrons. The van der Waals surface area contributed by atoms with E-state index >= 15 is 0 Å². The van der Waals surface area contributed by atoms with Gasteiger partial charge in [0, 0.05) is 23.3 Å². The SMILES string of the molecule is CCCc1ccc(NCc2cc(Cl)ccc2[N+](=O)[O-])cc1. The molecule has 0 aromatic heterocycles. The molecule has 0 aliphatic rings. The molecule has 110 valence electrons. The maximum absolute atomic E-state index is 11.0. The van der Waals surface area contributed by atoms with Crippen molar-refractivity contribution >= 4 is 23.0 Å². The van der Waals surface area contributed by atoms with Crippen LogP contribution in [0, 0.1) is 10.1 Å². The minimum absolute atomic E-state index is 0.0782. The summed E-state index contributed by atoms with van der Waals surface area (Å²) in [5.41, 5.74) is 2.88. The molecule has 5 heteroatoms. The Hall–Kier alpha value is -2.07. The minimum Gasteiger partial charge on any atom is -0.381 e. The second kappa shape index (κ2) is 7.09. The normalized spacial score (nSPS) is 10.4. The molecule has 0 amide bonds. The summed E-state index contributed by atoms with van der Waals surface area (Å²) >= 11 is 5.91. The number of rotatable bonds is 6. The van der Waals surface area contributed by atoms with Crippen LogP contribution < -0.4 is 5.32 Å². The van der Waals surface area contributed by atoms with E-state index in [1.165, 1.54) is 17.7 Å². The first-order valence-electron chi connectivity index (χ1n) is 6.85. The van der Waals surface area contributed by atoms with Gasteiger partial charge in [-0.2, -0.15) is 0 Å². The molecule has 0 fully saturated rings. The summed E-state index contributed by atoms with van der Waals surface area (Å²) in [5, 5.41) is 14.7. The predicted octanol–water partition coefficient (Wildman–Crippen LogP) is 4.81. The van der Waals surface area contributed by atoms with Crippen molar-refractivity contribution < 1.29 is 4.92 Å². The van der Waals surface area contributed by atoms with E-state index in [0.717, 1.165) is 18.5 Å². The highest BCUT2D eigenvalue weighted by Gasteiger charge is 2.13. The van der Waals surface area contributed by atoms with Gasteiger partial charge in [0.15, 0.2) is 0 Å². The van der Waals surface area contributed by atoms with Crippen molar-refractivity contribution in [1.82, 2.24) is 0 Å². The van der Waals surface area contributed by atoms with Crippen LogP contribution in [-0.2, 0) is 13.0 Å². The van der Waals surface area contributed by atoms with Crippen LogP contribution in [-0.4, -0.2) is 4.92 Å². The summed E-state index contributed by atoms with van der Waals surface area (Å²) < 4.78 is 0. The van der Waals surface area contributed by atoms with Gasteiger partial charge in [0.25, 0.3) is 5.69 Å². The Morgan fingerprint density at radius 2 is 1.90 bits per heavy atom. The molecule has 2 aromatic carbocycles. The van der Waals surface area contributed by atoms with Crippen molar-refractivity contribution in [3.63, 3.8) is 0 Å². The van der Waals surface area contributed by atoms with E-state index < -0.39 is 4.92 Å². The first-order valence-corrected chi connectivity index (χ1v) is 7.23. The topological polar surface area (TPSA) is 55.2 Å². The van der Waals surface area contributed by atoms with Crippen molar-refractivity contribution in [3.8, 4) is 0 Å². The van der Waals surface area contributed by atoms with Crippen molar-refractivity contribution in [1.29, 1.82) is 0 Å². The number of nitrogens with one attached hydrogen (secondary N) is 1. The smallest absolute Gasteiger partial charge is 0.274 e. The van der Waals surface area contributed by atoms with Crippen LogP contribution in [0.15, 0.2) is 42.5 Å². The number of nitro benzene ring substituents is 1. The lowest BCUT2D eigenvalue weighted by Gasteiger charge is -2.08. The average molecular weight is 305 g/mol. The molecular formula is C16H17ClN2O2. The van der Waals surface area contributed by atoms with Crippen LogP contribution >= 0.6 is 11.6 Å². The Morgan fingerprint density at radius 1 is 1.19 bits per heavy atom. The Bertz CT molecular complexity index is 627. The first kappa shape index (κ1) is 15.3. The van der Waals surface area contributed by atoms with Gasteiger partial charge in [-0.3, -0.25) is 10.1 Å². The number of nitrogens with zero attached hydrogens (tertiary/aromatic N) is 1. The van der Waals surface area contributed by atoms with Gasteiger partial charge in [0.1, 0.15) is 0 Å². The minimum atomic E-state index is -0.391. The molecule has 0 saturated carbocycles. The molecule has 0 spiro atoms. The van der Waals surface area contributed by atoms with Crippen molar-refractivity contribution in [2.24, 2.45) is 0 Å². The lowest BCUT2D eigenvalue weighted by Crippen LogP contribution is -2.03. The third kappa shape index (κ3) is 4.20. The zero-order valence-electron chi connectivity index (χ0n) is 11.8. The summed E-state index contributed by atoms with van der Waals surface area (Å²) in [6, 6.07) is 12.7. The molecule has 21 heavy (non-hydrogen) atoms. The van der Waals surface area contributed by atoms with Gasteiger partial charge in [0.05, 0.1) is 10.5 Å². The second-order valence-corrected chi connectivity index (χ2v) is 5.27. The Kier molecular flexibility index (Phi) is 5.17. The molecule has 0 unspecified atom stereocenters. The third-order valence-electron chi connectivity index (χ3n) is 3.21. The molecule has 1 N–H and O–H groups in total. The van der Waals surface area contributed by atoms with Gasteiger partial charge in [-0.25, -0.2) is 0 Å². The van der Waals surface area contributed by atoms with Crippen molar-refractivity contribution in [2.75, 3.05) is 5.32 Å². The first-order chi connectivity index (χ1) is 10.1. The zero-order chi connectivity index (χ0) is 15.2. The van der Waals surface area contributed by atoms with Crippen LogP contribution in [0.2, 0.25) is 5.02 Å². The molecule has 2 aromatic rings. The van der Waals surface area contributed by atoms with Gasteiger partial charge < -0.3 is 5.32 Å². The summed E-state index contributed by atoms with van der Waals surface area (Å²) in [5.74, 6) is 0. The standard InChI is InChI=1S/C16H17ClN2O2/c1-2-3-12-4-7-15(8-5-12)18-11-13-10-14(17)6-9-16(13)19(20)21/h4-10,18H,2-3,11H2,1H3. The molecule has 2 rings (SSSR count). The largest absolute Gasteiger partial charge is 0.381 e. The molecule has 0 aliphatic heterocycles. The van der Waals surface area contributed by atoms with E-state index in [-0.39, 0.29) is 5.69 Å². The van der Waals surface area contributed by atoms with Crippen molar-refractivity contribution in [2.45, 2.75) is 26.3 Å². The number of hydrogen-bond donors (Lipinski definition) is 1. The fraction of sp³-hybridized carbons (Fsp3) is 0.250. The number of halogens is 1. The van der Waals surface area contributed by atoms with Gasteiger partial charge in [-0.15, -0.1) is 0 Å². The van der Waals surface area contributed by atoms with E-state index in [4.69, 9.17) is 11.6 Å². The summed E-state index contributed by atoms with van der Waals surface area (Å²) in [6.07, 6.45) is 2.17. The van der Waals surface area contributed by atoms with Crippen LogP contribution in [0.3, 0.4) is 0 Å². The highest BCUT2D eigenvalue weighted by Crippen LogP contribution is 2.23. The maximum atomic E-state index is 11.0. The second-order valence-electron chi connectivity index (χ2n) is 4.83. The molecule has 0 aliphatic carbocycles. The number of anilines is 1. The maximum Gasteiger partial charge on any atom is 0.274 e. The lowest BCUT2D eigenvalue weighted by molar-refractivity contribution is -0.385. The Labute approximate surface area is 128 Å². The van der Waals surface area contributed by atoms with Gasteiger partial charge >= 0.3 is 0 Å². The van der Waals surface area contributed by atoms with Gasteiger partial charge in [0.2, 0.25) is 0 Å². The fourth-order valence-electron chi connectivity index (χ4n) is 2.15. The average Bonchev–Trinajstić information content (AvgIpc) is 2.46. The zero-order valence-corrected chi connectivity index (χ0v) is 12.6. The number of hydrogen-bond acceptors (Lipinski definition) is 3. The summed E-state index contributed by atoms with van der Waals surface area (Å²) in [4.78, 5) is 10.6. The molecule has 0 heterocycles. The molecule has 0 atom stereocenters. The number of aryl methyl sites for hydroxylation is 1. The fourth-order valence-corrected chi connectivity index (χ4v) is 2.34.